The number of hydrogen-bond acceptors (Lipinski definition) is 11. The summed E-state index contributed by atoms with van der Waals surface area (Å²) in [4.78, 5) is 0. The summed E-state index contributed by atoms with van der Waals surface area (Å²) in [5, 5.41) is 77.3. The van der Waals surface area contributed by atoms with Crippen molar-refractivity contribution in [1.82, 2.24) is 0 Å². The lowest BCUT2D eigenvalue weighted by Gasteiger charge is -2.43. The smallest absolute Gasteiger partial charge is 0.224 e. The summed E-state index contributed by atoms with van der Waals surface area (Å²) >= 11 is 0. The topological polar surface area (TPSA) is 190 Å². The Bertz CT molecular complexity index is 461. The van der Waals surface area contributed by atoms with Gasteiger partial charge in [0.15, 0.2) is 6.29 Å². The summed E-state index contributed by atoms with van der Waals surface area (Å²) in [7, 11) is 0. The fourth-order valence-corrected chi connectivity index (χ4v) is 2.49. The van der Waals surface area contributed by atoms with Gasteiger partial charge in [0, 0.05) is 0 Å². The molecule has 2 heterocycles. The van der Waals surface area contributed by atoms with Gasteiger partial charge in [-0.1, -0.05) is 0 Å². The molecule has 136 valence electrons. The standard InChI is InChI=1S/C12H22O11/c13-1-4-6(16)8(18)9(19)11(21-4)23-12(3-15)10(20)7(17)5(2-14)22-12/h4-11,13-20H,1-3H2/t4-,5-,6-,7-,8+,9-,10+,11-,12+/m1/s1/i3T2. The van der Waals surface area contributed by atoms with Crippen LogP contribution in [0.1, 0.15) is 2.74 Å². The van der Waals surface area contributed by atoms with Gasteiger partial charge in [-0.05, 0) is 0 Å². The van der Waals surface area contributed by atoms with Crippen LogP contribution in [0.2, 0.25) is 0 Å². The molecule has 0 amide bonds. The molecule has 0 aromatic carbocycles. The average Bonchev–Trinajstić information content (AvgIpc) is 2.80. The van der Waals surface area contributed by atoms with Crippen LogP contribution < -0.4 is 0 Å². The van der Waals surface area contributed by atoms with Gasteiger partial charge in [0.25, 0.3) is 0 Å². The van der Waals surface area contributed by atoms with E-state index in [-0.39, 0.29) is 0 Å². The summed E-state index contributed by atoms with van der Waals surface area (Å²) in [6.07, 6.45) is -14.5. The normalized spacial score (nSPS) is 53.0. The van der Waals surface area contributed by atoms with Crippen molar-refractivity contribution in [2.75, 3.05) is 19.8 Å². The lowest BCUT2D eigenvalue weighted by Crippen LogP contribution is -2.62. The first-order valence-electron chi connectivity index (χ1n) is 7.85. The Morgan fingerprint density at radius 3 is 1.96 bits per heavy atom. The summed E-state index contributed by atoms with van der Waals surface area (Å²) in [6, 6.07) is 0. The zero-order valence-electron chi connectivity index (χ0n) is 13.8. The molecule has 0 saturated carbocycles. The van der Waals surface area contributed by atoms with Crippen molar-refractivity contribution in [3.8, 4) is 0 Å². The Morgan fingerprint density at radius 1 is 0.870 bits per heavy atom. The predicted molar refractivity (Wildman–Crippen MR) is 68.6 cm³/mol. The Labute approximate surface area is 133 Å². The number of rotatable bonds is 5. The third kappa shape index (κ3) is 3.23. The molecule has 0 unspecified atom stereocenters. The summed E-state index contributed by atoms with van der Waals surface area (Å²) in [5.41, 5.74) is 0. The number of hydrogen-bond donors (Lipinski definition) is 8. The van der Waals surface area contributed by atoms with E-state index in [1.165, 1.54) is 0 Å². The van der Waals surface area contributed by atoms with E-state index in [0.29, 0.717) is 0 Å². The van der Waals surface area contributed by atoms with Crippen molar-refractivity contribution < 1.29 is 57.8 Å². The summed E-state index contributed by atoms with van der Waals surface area (Å²) in [5.74, 6) is -2.99. The molecule has 2 aliphatic heterocycles. The van der Waals surface area contributed by atoms with Crippen LogP contribution in [-0.2, 0) is 14.2 Å². The molecule has 0 bridgehead atoms. The van der Waals surface area contributed by atoms with E-state index in [1.54, 1.807) is 0 Å². The first kappa shape index (κ1) is 16.1. The van der Waals surface area contributed by atoms with Crippen LogP contribution in [0.15, 0.2) is 0 Å². The second kappa shape index (κ2) is 7.21. The van der Waals surface area contributed by atoms with Crippen LogP contribution >= 0.6 is 0 Å². The Balaban J connectivity index is 2.32. The number of aliphatic hydroxyl groups is 8. The van der Waals surface area contributed by atoms with Gasteiger partial charge in [-0.15, -0.1) is 0 Å². The van der Waals surface area contributed by atoms with Gasteiger partial charge in [-0.3, -0.25) is 0 Å². The maximum atomic E-state index is 10.1. The SMILES string of the molecule is [3H]C([3H])(O)[C@@]1(O[C@H]2O[C@H](CO)[C@@H](O)[C@H](O)[C@H]2O)O[C@H](CO)[C@@H](O)[C@@H]1O. The van der Waals surface area contributed by atoms with Crippen LogP contribution in [0.25, 0.3) is 0 Å². The van der Waals surface area contributed by atoms with E-state index in [0.717, 1.165) is 0 Å². The fraction of sp³-hybridized carbons (Fsp3) is 1.00. The van der Waals surface area contributed by atoms with Crippen LogP contribution in [0.4, 0.5) is 0 Å². The van der Waals surface area contributed by atoms with Crippen molar-refractivity contribution in [3.63, 3.8) is 0 Å². The molecule has 0 aromatic heterocycles. The maximum absolute atomic E-state index is 10.1. The number of ether oxygens (including phenoxy) is 3. The lowest BCUT2D eigenvalue weighted by atomic mass is 9.99. The molecule has 11 nitrogen and oxygen atoms in total. The first-order valence-corrected chi connectivity index (χ1v) is 6.85. The van der Waals surface area contributed by atoms with E-state index in [1.807, 2.05) is 0 Å². The molecular formula is C12H22O11. The predicted octanol–water partition coefficient (Wildman–Crippen LogP) is -5.40. The van der Waals surface area contributed by atoms with Crippen molar-refractivity contribution in [1.29, 1.82) is 0 Å². The minimum atomic E-state index is -3.45. The Hall–Kier alpha value is -0.440. The van der Waals surface area contributed by atoms with Crippen LogP contribution in [0.5, 0.6) is 0 Å². The Morgan fingerprint density at radius 2 is 1.48 bits per heavy atom. The number of aliphatic hydroxyl groups excluding tert-OH is 7. The highest BCUT2D eigenvalue weighted by Crippen LogP contribution is 2.35. The van der Waals surface area contributed by atoms with Crippen LogP contribution in [0, 0.1) is 0 Å². The van der Waals surface area contributed by atoms with E-state index in [4.69, 9.17) is 27.2 Å². The molecule has 2 aliphatic rings. The van der Waals surface area contributed by atoms with Gasteiger partial charge in [-0.25, -0.2) is 0 Å². The zero-order chi connectivity index (χ0) is 19.2. The van der Waals surface area contributed by atoms with Crippen molar-refractivity contribution in [2.45, 2.75) is 54.8 Å². The largest absolute Gasteiger partial charge is 0.394 e. The van der Waals surface area contributed by atoms with Crippen molar-refractivity contribution in [2.24, 2.45) is 0 Å². The Kier molecular flexibility index (Phi) is 5.03. The minimum absolute atomic E-state index is 0.797. The molecule has 11 heteroatoms. The zero-order valence-corrected chi connectivity index (χ0v) is 11.8. The fourth-order valence-electron chi connectivity index (χ4n) is 2.49. The van der Waals surface area contributed by atoms with Gasteiger partial charge in [0.2, 0.25) is 5.79 Å². The molecule has 2 fully saturated rings. The quantitative estimate of drug-likeness (QED) is 0.237. The highest BCUT2D eigenvalue weighted by molar-refractivity contribution is 4.98. The third-order valence-corrected chi connectivity index (χ3v) is 3.90. The third-order valence-electron chi connectivity index (χ3n) is 3.90. The lowest BCUT2D eigenvalue weighted by molar-refractivity contribution is -0.383. The molecule has 8 N–H and O–H groups in total. The van der Waals surface area contributed by atoms with Gasteiger partial charge < -0.3 is 55.1 Å². The first-order chi connectivity index (χ1) is 11.5. The van der Waals surface area contributed by atoms with Gasteiger partial charge in [0.05, 0.1) is 16.0 Å². The average molecular weight is 346 g/mol. The monoisotopic (exact) mass is 346 g/mol. The second-order valence-corrected chi connectivity index (χ2v) is 5.37. The van der Waals surface area contributed by atoms with E-state index in [9.17, 15) is 30.6 Å². The molecule has 23 heavy (non-hydrogen) atoms. The molecule has 0 aliphatic carbocycles. The van der Waals surface area contributed by atoms with Gasteiger partial charge in [0.1, 0.15) is 49.3 Å². The molecule has 0 spiro atoms. The summed E-state index contributed by atoms with van der Waals surface area (Å²) < 4.78 is 30.0. The minimum Gasteiger partial charge on any atom is -0.394 e. The highest BCUT2D eigenvalue weighted by Gasteiger charge is 2.58. The second-order valence-electron chi connectivity index (χ2n) is 5.37. The van der Waals surface area contributed by atoms with Crippen molar-refractivity contribution >= 4 is 0 Å². The molecule has 9 atom stereocenters. The highest BCUT2D eigenvalue weighted by atomic mass is 16.8. The molecule has 0 radical (unpaired) electrons. The van der Waals surface area contributed by atoms with Crippen molar-refractivity contribution in [3.05, 3.63) is 0 Å². The van der Waals surface area contributed by atoms with E-state index >= 15 is 0 Å². The molecule has 0 aromatic rings. The molecule has 2 saturated heterocycles. The van der Waals surface area contributed by atoms with E-state index in [2.05, 4.69) is 0 Å². The van der Waals surface area contributed by atoms with Gasteiger partial charge >= 0.3 is 0 Å². The maximum Gasteiger partial charge on any atom is 0.224 e. The summed E-state index contributed by atoms with van der Waals surface area (Å²) in [6.45, 7) is -5.10. The molecular weight excluding hydrogens is 320 g/mol. The van der Waals surface area contributed by atoms with E-state index < -0.39 is 74.6 Å². The van der Waals surface area contributed by atoms with Gasteiger partial charge in [-0.2, -0.15) is 0 Å². The molecule has 2 rings (SSSR count). The van der Waals surface area contributed by atoms with Crippen LogP contribution in [-0.4, -0.2) is 115 Å². The van der Waals surface area contributed by atoms with Crippen LogP contribution in [0.3, 0.4) is 0 Å².